The lowest BCUT2D eigenvalue weighted by molar-refractivity contribution is 0.0677. The summed E-state index contributed by atoms with van der Waals surface area (Å²) < 4.78 is 5.13. The van der Waals surface area contributed by atoms with E-state index >= 15 is 0 Å². The molecule has 0 spiro atoms. The summed E-state index contributed by atoms with van der Waals surface area (Å²) in [5, 5.41) is 23.6. The molecular weight excluding hydrogens is 503 g/mol. The molecule has 2 aromatic rings. The number of aliphatic hydroxyl groups is 1. The summed E-state index contributed by atoms with van der Waals surface area (Å²) in [5.41, 5.74) is 0.373. The lowest BCUT2D eigenvalue weighted by Gasteiger charge is -2.21. The van der Waals surface area contributed by atoms with Gasteiger partial charge in [-0.15, -0.1) is 24.0 Å². The van der Waals surface area contributed by atoms with Crippen molar-refractivity contribution >= 4 is 47.2 Å². The molecule has 0 fully saturated rings. The van der Waals surface area contributed by atoms with E-state index in [9.17, 15) is 9.90 Å². The highest BCUT2D eigenvalue weighted by atomic mass is 127. The zero-order chi connectivity index (χ0) is 20.4. The highest BCUT2D eigenvalue weighted by molar-refractivity contribution is 14.0. The Morgan fingerprint density at radius 3 is 2.66 bits per heavy atom. The Morgan fingerprint density at radius 1 is 1.24 bits per heavy atom. The minimum Gasteiger partial charge on any atom is -0.497 e. The van der Waals surface area contributed by atoms with Gasteiger partial charge in [0.25, 0.3) is 5.91 Å². The maximum Gasteiger partial charge on any atom is 0.251 e. The number of nitrogens with zero attached hydrogens (tertiary/aromatic N) is 1. The van der Waals surface area contributed by atoms with E-state index in [0.29, 0.717) is 36.9 Å². The first-order valence-electron chi connectivity index (χ1n) is 9.15. The topological polar surface area (TPSA) is 95.0 Å². The number of carbonyl (C=O) groups is 1. The van der Waals surface area contributed by atoms with Crippen LogP contribution in [0.25, 0.3) is 0 Å². The van der Waals surface area contributed by atoms with Gasteiger partial charge in [0, 0.05) is 25.2 Å². The second-order valence-electron chi connectivity index (χ2n) is 6.40. The summed E-state index contributed by atoms with van der Waals surface area (Å²) in [5.74, 6) is 1.07. The molecule has 1 atom stereocenters. The van der Waals surface area contributed by atoms with E-state index in [0.717, 1.165) is 5.56 Å². The number of halogens is 1. The molecule has 0 bridgehead atoms. The largest absolute Gasteiger partial charge is 0.497 e. The molecule has 1 heterocycles. The first-order chi connectivity index (χ1) is 13.5. The zero-order valence-corrected chi connectivity index (χ0v) is 20.0. The van der Waals surface area contributed by atoms with Crippen molar-refractivity contribution in [2.24, 2.45) is 4.99 Å². The quantitative estimate of drug-likeness (QED) is 0.173. The van der Waals surface area contributed by atoms with Crippen LogP contribution in [0.3, 0.4) is 0 Å². The third kappa shape index (κ3) is 8.19. The van der Waals surface area contributed by atoms with Gasteiger partial charge in [-0.3, -0.25) is 4.79 Å². The number of ether oxygens (including phenoxy) is 1. The van der Waals surface area contributed by atoms with Crippen LogP contribution in [0.15, 0.2) is 46.1 Å². The molecule has 2 rings (SSSR count). The van der Waals surface area contributed by atoms with E-state index in [4.69, 9.17) is 4.74 Å². The van der Waals surface area contributed by atoms with Crippen molar-refractivity contribution in [3.8, 4) is 5.75 Å². The van der Waals surface area contributed by atoms with Crippen LogP contribution in [0.1, 0.15) is 29.8 Å². The molecule has 0 radical (unpaired) electrons. The second-order valence-corrected chi connectivity index (χ2v) is 7.18. The van der Waals surface area contributed by atoms with Crippen molar-refractivity contribution < 1.29 is 14.6 Å². The number of benzene rings is 1. The van der Waals surface area contributed by atoms with E-state index in [-0.39, 0.29) is 36.4 Å². The van der Waals surface area contributed by atoms with Crippen LogP contribution in [0.2, 0.25) is 0 Å². The molecule has 0 aliphatic heterocycles. The Balaban J connectivity index is 0.00000420. The first-order valence-corrected chi connectivity index (χ1v) is 10.1. The second kappa shape index (κ2) is 12.7. The molecule has 1 aromatic heterocycles. The van der Waals surface area contributed by atoms with Crippen LogP contribution in [0.5, 0.6) is 5.75 Å². The van der Waals surface area contributed by atoms with Crippen LogP contribution in [0, 0.1) is 0 Å². The van der Waals surface area contributed by atoms with Gasteiger partial charge in [0.05, 0.1) is 13.7 Å². The molecule has 29 heavy (non-hydrogen) atoms. The van der Waals surface area contributed by atoms with Gasteiger partial charge in [0.1, 0.15) is 11.4 Å². The van der Waals surface area contributed by atoms with Crippen molar-refractivity contribution in [2.45, 2.75) is 19.4 Å². The molecule has 1 amide bonds. The van der Waals surface area contributed by atoms with Gasteiger partial charge in [0.15, 0.2) is 5.96 Å². The monoisotopic (exact) mass is 532 g/mol. The highest BCUT2D eigenvalue weighted by Gasteiger charge is 2.23. The maximum atomic E-state index is 12.2. The lowest BCUT2D eigenvalue weighted by atomic mass is 10.00. The van der Waals surface area contributed by atoms with Gasteiger partial charge in [0.2, 0.25) is 0 Å². The SMILES string of the molecule is CCNC(=NCC(C)(O)c1ccsc1)NCCNC(=O)c1cccc(OC)c1.I. The maximum absolute atomic E-state index is 12.2. The molecule has 9 heteroatoms. The number of hydrogen-bond donors (Lipinski definition) is 4. The summed E-state index contributed by atoms with van der Waals surface area (Å²) >= 11 is 1.54. The average molecular weight is 532 g/mol. The molecule has 0 saturated carbocycles. The normalized spacial score (nSPS) is 13.0. The lowest BCUT2D eigenvalue weighted by Crippen LogP contribution is -2.42. The number of aliphatic imine (C=N–C) groups is 1. The molecule has 160 valence electrons. The fourth-order valence-corrected chi connectivity index (χ4v) is 3.24. The van der Waals surface area contributed by atoms with Crippen LogP contribution in [-0.4, -0.2) is 50.3 Å². The molecule has 1 aromatic carbocycles. The standard InChI is InChI=1S/C20H28N4O3S.HI/c1-4-21-19(24-14-20(2,26)16-8-11-28-13-16)23-10-9-22-18(25)15-6-5-7-17(12-15)27-3;/h5-8,11-13,26H,4,9-10,14H2,1-3H3,(H,22,25)(H2,21,23,24);1H. The first kappa shape index (κ1) is 25.2. The van der Waals surface area contributed by atoms with Gasteiger partial charge < -0.3 is 25.8 Å². The van der Waals surface area contributed by atoms with Crippen molar-refractivity contribution in [1.29, 1.82) is 0 Å². The van der Waals surface area contributed by atoms with Crippen LogP contribution >= 0.6 is 35.3 Å². The minimum absolute atomic E-state index is 0. The van der Waals surface area contributed by atoms with Gasteiger partial charge >= 0.3 is 0 Å². The fraction of sp³-hybridized carbons (Fsp3) is 0.400. The minimum atomic E-state index is -1.02. The third-order valence-corrected chi connectivity index (χ3v) is 4.75. The van der Waals surface area contributed by atoms with Gasteiger partial charge in [-0.2, -0.15) is 11.3 Å². The number of thiophene rings is 1. The summed E-state index contributed by atoms with van der Waals surface area (Å²) in [6.07, 6.45) is 0. The number of guanidine groups is 1. The zero-order valence-electron chi connectivity index (χ0n) is 16.9. The highest BCUT2D eigenvalue weighted by Crippen LogP contribution is 2.23. The molecule has 1 unspecified atom stereocenters. The molecular formula is C20H29IN4O3S. The van der Waals surface area contributed by atoms with E-state index in [2.05, 4.69) is 20.9 Å². The molecule has 0 aliphatic carbocycles. The van der Waals surface area contributed by atoms with Gasteiger partial charge in [-0.1, -0.05) is 6.07 Å². The number of nitrogens with one attached hydrogen (secondary N) is 3. The number of carbonyl (C=O) groups excluding carboxylic acids is 1. The van der Waals surface area contributed by atoms with Crippen LogP contribution in [-0.2, 0) is 5.60 Å². The van der Waals surface area contributed by atoms with Crippen molar-refractivity contribution in [1.82, 2.24) is 16.0 Å². The molecule has 0 aliphatic rings. The van der Waals surface area contributed by atoms with E-state index < -0.39 is 5.60 Å². The Bertz CT molecular complexity index is 782. The average Bonchev–Trinajstić information content (AvgIpc) is 3.25. The third-order valence-electron chi connectivity index (χ3n) is 4.07. The Kier molecular flexibility index (Phi) is 11.0. The number of hydrogen-bond acceptors (Lipinski definition) is 5. The summed E-state index contributed by atoms with van der Waals surface area (Å²) in [6, 6.07) is 8.91. The van der Waals surface area contributed by atoms with Crippen LogP contribution in [0.4, 0.5) is 0 Å². The van der Waals surface area contributed by atoms with Crippen molar-refractivity contribution in [2.75, 3.05) is 33.3 Å². The summed E-state index contributed by atoms with van der Waals surface area (Å²) in [4.78, 5) is 16.7. The van der Waals surface area contributed by atoms with E-state index in [1.54, 1.807) is 49.6 Å². The van der Waals surface area contributed by atoms with Gasteiger partial charge in [-0.25, -0.2) is 4.99 Å². The Labute approximate surface area is 193 Å². The predicted octanol–water partition coefficient (Wildman–Crippen LogP) is 2.57. The van der Waals surface area contributed by atoms with E-state index in [1.165, 1.54) is 0 Å². The Hall–Kier alpha value is -1.85. The van der Waals surface area contributed by atoms with Crippen molar-refractivity contribution in [3.05, 3.63) is 52.2 Å². The molecule has 0 saturated heterocycles. The number of methoxy groups -OCH3 is 1. The van der Waals surface area contributed by atoms with Crippen molar-refractivity contribution in [3.63, 3.8) is 0 Å². The van der Waals surface area contributed by atoms with Crippen LogP contribution < -0.4 is 20.7 Å². The number of amides is 1. The Morgan fingerprint density at radius 2 is 2.00 bits per heavy atom. The smallest absolute Gasteiger partial charge is 0.251 e. The fourth-order valence-electron chi connectivity index (χ4n) is 2.46. The van der Waals surface area contributed by atoms with Gasteiger partial charge in [-0.05, 0) is 54.4 Å². The number of rotatable bonds is 9. The molecule has 4 N–H and O–H groups in total. The van der Waals surface area contributed by atoms with E-state index in [1.807, 2.05) is 23.8 Å². The summed E-state index contributed by atoms with van der Waals surface area (Å²) in [7, 11) is 1.57. The summed E-state index contributed by atoms with van der Waals surface area (Å²) in [6.45, 7) is 5.58. The molecule has 7 nitrogen and oxygen atoms in total. The predicted molar refractivity (Wildman–Crippen MR) is 129 cm³/mol.